The minimum atomic E-state index is -3.33. The number of rotatable bonds is 8. The molecule has 9 nitrogen and oxygen atoms in total. The quantitative estimate of drug-likeness (QED) is 0.560. The van der Waals surface area contributed by atoms with Gasteiger partial charge < -0.3 is 10.2 Å². The van der Waals surface area contributed by atoms with Crippen LogP contribution < -0.4 is 10.0 Å². The predicted molar refractivity (Wildman–Crippen MR) is 120 cm³/mol. The van der Waals surface area contributed by atoms with E-state index in [1.165, 1.54) is 16.7 Å². The molecule has 13 heteroatoms. The second-order valence-electron chi connectivity index (χ2n) is 8.26. The maximum absolute atomic E-state index is 13.5. The van der Waals surface area contributed by atoms with E-state index >= 15 is 0 Å². The molecular formula is C21H21F2N5O4S2. The summed E-state index contributed by atoms with van der Waals surface area (Å²) >= 11 is 1.24. The fraction of sp³-hybridized carbons (Fsp3) is 0.429. The molecule has 1 saturated carbocycles. The lowest BCUT2D eigenvalue weighted by molar-refractivity contribution is -0.131. The van der Waals surface area contributed by atoms with Crippen LogP contribution in [0.2, 0.25) is 0 Å². The maximum Gasteiger partial charge on any atom is 0.271 e. The van der Waals surface area contributed by atoms with Crippen LogP contribution in [0.4, 0.5) is 14.5 Å². The van der Waals surface area contributed by atoms with Gasteiger partial charge in [0.25, 0.3) is 11.8 Å². The first-order valence-electron chi connectivity index (χ1n) is 10.5. The summed E-state index contributed by atoms with van der Waals surface area (Å²) in [5.41, 5.74) is 1.43. The van der Waals surface area contributed by atoms with E-state index in [1.54, 1.807) is 30.3 Å². The Hall–Kier alpha value is -3.11. The Morgan fingerprint density at radius 2 is 1.97 bits per heavy atom. The normalized spacial score (nSPS) is 19.4. The van der Waals surface area contributed by atoms with Gasteiger partial charge in [0.2, 0.25) is 15.9 Å². The number of nitrogens with zero attached hydrogens (tertiary/aromatic N) is 3. The van der Waals surface area contributed by atoms with E-state index < -0.39 is 53.3 Å². The summed E-state index contributed by atoms with van der Waals surface area (Å²) in [6.45, 7) is -1.36. The van der Waals surface area contributed by atoms with Crippen molar-refractivity contribution in [2.75, 3.05) is 17.8 Å². The molecule has 0 radical (unpaired) electrons. The minimum absolute atomic E-state index is 0.0881. The molecule has 2 aliphatic rings. The fourth-order valence-electron chi connectivity index (χ4n) is 3.53. The van der Waals surface area contributed by atoms with E-state index in [4.69, 9.17) is 5.26 Å². The van der Waals surface area contributed by atoms with Crippen LogP contribution in [0.5, 0.6) is 0 Å². The van der Waals surface area contributed by atoms with Crippen molar-refractivity contribution >= 4 is 38.9 Å². The Morgan fingerprint density at radius 3 is 2.62 bits per heavy atom. The molecule has 2 heterocycles. The largest absolute Gasteiger partial charge is 0.342 e. The third kappa shape index (κ3) is 5.68. The average Bonchev–Trinajstić information content (AvgIpc) is 3.48. The molecule has 1 aromatic carbocycles. The highest BCUT2D eigenvalue weighted by atomic mass is 32.2. The Labute approximate surface area is 198 Å². The monoisotopic (exact) mass is 509 g/mol. The van der Waals surface area contributed by atoms with Gasteiger partial charge >= 0.3 is 0 Å². The first-order chi connectivity index (χ1) is 16.1. The maximum atomic E-state index is 13.5. The molecule has 1 aromatic heterocycles. The van der Waals surface area contributed by atoms with Gasteiger partial charge in [0.15, 0.2) is 0 Å². The number of likely N-dealkylation sites (tertiary alicyclic amines) is 1. The second-order valence-corrected chi connectivity index (χ2v) is 11.2. The standard InChI is InChI=1S/C21H21F2N5O4S2/c22-21(23)8-15(9-24)28(12-21)19(29)10-25-20(30)17-11-33-18(26-17)7-13-1-3-14(4-2-13)27-34(31,32)16-5-6-16/h1-4,11,15-16,27H,5-8,10,12H2,(H,25,30)/t15-/m0/s1. The van der Waals surface area contributed by atoms with Crippen molar-refractivity contribution in [3.05, 3.63) is 45.9 Å². The average molecular weight is 510 g/mol. The van der Waals surface area contributed by atoms with Crippen molar-refractivity contribution in [1.29, 1.82) is 5.26 Å². The van der Waals surface area contributed by atoms with Crippen molar-refractivity contribution in [2.45, 2.75) is 42.9 Å². The number of halogens is 2. The summed E-state index contributed by atoms with van der Waals surface area (Å²) in [5.74, 6) is -4.51. The highest BCUT2D eigenvalue weighted by Crippen LogP contribution is 2.32. The number of benzene rings is 1. The molecule has 34 heavy (non-hydrogen) atoms. The number of hydrogen-bond acceptors (Lipinski definition) is 7. The molecule has 1 aliphatic heterocycles. The highest BCUT2D eigenvalue weighted by Gasteiger charge is 2.47. The molecule has 2 amide bonds. The number of nitriles is 1. The van der Waals surface area contributed by atoms with Crippen LogP contribution in [-0.4, -0.2) is 60.4 Å². The van der Waals surface area contributed by atoms with Gasteiger partial charge in [-0.3, -0.25) is 14.3 Å². The van der Waals surface area contributed by atoms with Crippen LogP contribution in [0.1, 0.15) is 40.3 Å². The third-order valence-corrected chi connectivity index (χ3v) is 8.17. The van der Waals surface area contributed by atoms with E-state index in [9.17, 15) is 26.8 Å². The zero-order valence-corrected chi connectivity index (χ0v) is 19.5. The van der Waals surface area contributed by atoms with Gasteiger partial charge in [-0.15, -0.1) is 11.3 Å². The number of carbonyl (C=O) groups is 2. The van der Waals surface area contributed by atoms with Crippen LogP contribution in [-0.2, 0) is 21.2 Å². The van der Waals surface area contributed by atoms with E-state index in [-0.39, 0.29) is 10.9 Å². The van der Waals surface area contributed by atoms with Crippen LogP contribution in [0.3, 0.4) is 0 Å². The molecule has 4 rings (SSSR count). The van der Waals surface area contributed by atoms with E-state index in [0.717, 1.165) is 10.5 Å². The van der Waals surface area contributed by atoms with Crippen molar-refractivity contribution in [2.24, 2.45) is 0 Å². The summed E-state index contributed by atoms with van der Waals surface area (Å²) in [4.78, 5) is 29.6. The molecule has 1 aliphatic carbocycles. The smallest absolute Gasteiger partial charge is 0.271 e. The Balaban J connectivity index is 1.29. The minimum Gasteiger partial charge on any atom is -0.342 e. The van der Waals surface area contributed by atoms with Gasteiger partial charge in [-0.2, -0.15) is 5.26 Å². The summed E-state index contributed by atoms with van der Waals surface area (Å²) in [7, 11) is -3.33. The number of carbonyl (C=O) groups excluding carboxylic acids is 2. The molecule has 0 spiro atoms. The number of aromatic nitrogens is 1. The molecule has 180 valence electrons. The van der Waals surface area contributed by atoms with Gasteiger partial charge in [-0.05, 0) is 30.5 Å². The van der Waals surface area contributed by atoms with Crippen LogP contribution in [0.15, 0.2) is 29.6 Å². The Kier molecular flexibility index (Phi) is 6.55. The number of thiazole rings is 1. The van der Waals surface area contributed by atoms with Gasteiger partial charge in [-0.25, -0.2) is 22.2 Å². The van der Waals surface area contributed by atoms with Gasteiger partial charge in [-0.1, -0.05) is 12.1 Å². The summed E-state index contributed by atoms with van der Waals surface area (Å²) in [6.07, 6.45) is 1.05. The molecule has 1 atom stereocenters. The number of alkyl halides is 2. The molecule has 2 N–H and O–H groups in total. The van der Waals surface area contributed by atoms with Gasteiger partial charge in [0, 0.05) is 23.9 Å². The zero-order chi connectivity index (χ0) is 24.5. The van der Waals surface area contributed by atoms with E-state index in [2.05, 4.69) is 15.0 Å². The van der Waals surface area contributed by atoms with Crippen molar-refractivity contribution in [1.82, 2.24) is 15.2 Å². The first-order valence-corrected chi connectivity index (χ1v) is 12.9. The van der Waals surface area contributed by atoms with Crippen LogP contribution in [0, 0.1) is 11.3 Å². The van der Waals surface area contributed by atoms with Crippen molar-refractivity contribution in [3.63, 3.8) is 0 Å². The van der Waals surface area contributed by atoms with E-state index in [1.807, 2.05) is 0 Å². The number of sulfonamides is 1. The molecule has 1 saturated heterocycles. The lowest BCUT2D eigenvalue weighted by Crippen LogP contribution is -2.43. The Morgan fingerprint density at radius 1 is 1.26 bits per heavy atom. The van der Waals surface area contributed by atoms with Crippen LogP contribution in [0.25, 0.3) is 0 Å². The van der Waals surface area contributed by atoms with Crippen molar-refractivity contribution in [3.8, 4) is 6.07 Å². The number of hydrogen-bond donors (Lipinski definition) is 2. The van der Waals surface area contributed by atoms with E-state index in [0.29, 0.717) is 30.0 Å². The second kappa shape index (κ2) is 9.27. The van der Waals surface area contributed by atoms with Crippen LogP contribution >= 0.6 is 11.3 Å². The fourth-order valence-corrected chi connectivity index (χ4v) is 5.73. The molecule has 2 aromatic rings. The predicted octanol–water partition coefficient (Wildman–Crippen LogP) is 2.13. The Bertz CT molecular complexity index is 1240. The van der Waals surface area contributed by atoms with Gasteiger partial charge in [0.1, 0.15) is 11.7 Å². The number of amides is 2. The zero-order valence-electron chi connectivity index (χ0n) is 17.8. The van der Waals surface area contributed by atoms with Crippen molar-refractivity contribution < 1.29 is 26.8 Å². The topological polar surface area (TPSA) is 132 Å². The lowest BCUT2D eigenvalue weighted by Gasteiger charge is -2.19. The molecular weight excluding hydrogens is 488 g/mol. The number of anilines is 1. The lowest BCUT2D eigenvalue weighted by atomic mass is 10.1. The van der Waals surface area contributed by atoms with Gasteiger partial charge in [0.05, 0.1) is 29.4 Å². The SMILES string of the molecule is N#C[C@@H]1CC(F)(F)CN1C(=O)CNC(=O)c1csc(Cc2ccc(NS(=O)(=O)C3CC3)cc2)n1. The summed E-state index contributed by atoms with van der Waals surface area (Å²) in [5, 5.41) is 13.2. The summed E-state index contributed by atoms with van der Waals surface area (Å²) in [6, 6.07) is 7.33. The number of nitrogens with one attached hydrogen (secondary N) is 2. The third-order valence-electron chi connectivity index (χ3n) is 5.46. The highest BCUT2D eigenvalue weighted by molar-refractivity contribution is 7.93. The molecule has 0 bridgehead atoms. The molecule has 2 fully saturated rings. The summed E-state index contributed by atoms with van der Waals surface area (Å²) < 4.78 is 53.6. The first kappa shape index (κ1) is 24.0. The molecule has 0 unspecified atom stereocenters.